The summed E-state index contributed by atoms with van der Waals surface area (Å²) in [5, 5.41) is 3.92. The number of hydrogen-bond acceptors (Lipinski definition) is 4. The summed E-state index contributed by atoms with van der Waals surface area (Å²) < 4.78 is 12.8. The van der Waals surface area contributed by atoms with E-state index in [1.165, 1.54) is 23.9 Å². The fourth-order valence-corrected chi connectivity index (χ4v) is 2.91. The Morgan fingerprint density at radius 3 is 2.35 bits per heavy atom. The second kappa shape index (κ2) is 9.22. The van der Waals surface area contributed by atoms with Crippen molar-refractivity contribution >= 4 is 12.1 Å². The van der Waals surface area contributed by atoms with Crippen molar-refractivity contribution < 1.29 is 9.18 Å². The Morgan fingerprint density at radius 2 is 1.65 bits per heavy atom. The van der Waals surface area contributed by atoms with Gasteiger partial charge in [-0.25, -0.2) is 9.82 Å². The predicted molar refractivity (Wildman–Crippen MR) is 100 cm³/mol. The van der Waals surface area contributed by atoms with E-state index >= 15 is 0 Å². The Kier molecular flexibility index (Phi) is 6.46. The fraction of sp³-hybridized carbons (Fsp3) is 0.300. The van der Waals surface area contributed by atoms with Crippen LogP contribution in [-0.4, -0.2) is 54.6 Å². The van der Waals surface area contributed by atoms with Gasteiger partial charge in [-0.1, -0.05) is 42.5 Å². The summed E-state index contributed by atoms with van der Waals surface area (Å²) >= 11 is 0. The van der Waals surface area contributed by atoms with E-state index in [9.17, 15) is 9.18 Å². The van der Waals surface area contributed by atoms with Crippen LogP contribution in [0.25, 0.3) is 0 Å². The normalized spacial score (nSPS) is 16.0. The zero-order valence-corrected chi connectivity index (χ0v) is 14.6. The smallest absolute Gasteiger partial charge is 0.254 e. The summed E-state index contributed by atoms with van der Waals surface area (Å²) in [6, 6.07) is 16.4. The molecule has 1 N–H and O–H groups in total. The molecule has 5 nitrogen and oxygen atoms in total. The first kappa shape index (κ1) is 18.2. The minimum Gasteiger partial charge on any atom is -0.297 e. The van der Waals surface area contributed by atoms with E-state index in [2.05, 4.69) is 44.6 Å². The third kappa shape index (κ3) is 5.75. The van der Waals surface area contributed by atoms with Crippen molar-refractivity contribution in [3.63, 3.8) is 0 Å². The van der Waals surface area contributed by atoms with Gasteiger partial charge < -0.3 is 0 Å². The molecule has 0 unspecified atom stereocenters. The molecule has 3 rings (SSSR count). The van der Waals surface area contributed by atoms with E-state index in [0.717, 1.165) is 38.3 Å². The van der Waals surface area contributed by atoms with E-state index < -0.39 is 0 Å². The highest BCUT2D eigenvalue weighted by atomic mass is 19.1. The van der Waals surface area contributed by atoms with E-state index in [1.807, 2.05) is 6.07 Å². The molecular weight excluding hydrogens is 331 g/mol. The van der Waals surface area contributed by atoms with Crippen LogP contribution < -0.4 is 5.43 Å². The summed E-state index contributed by atoms with van der Waals surface area (Å²) in [4.78, 5) is 16.5. The van der Waals surface area contributed by atoms with E-state index in [4.69, 9.17) is 0 Å². The highest BCUT2D eigenvalue weighted by Crippen LogP contribution is 2.08. The summed E-state index contributed by atoms with van der Waals surface area (Å²) in [5.41, 5.74) is 4.58. The van der Waals surface area contributed by atoms with Crippen molar-refractivity contribution in [3.8, 4) is 0 Å². The average molecular weight is 354 g/mol. The lowest BCUT2D eigenvalue weighted by atomic mass is 10.2. The maximum absolute atomic E-state index is 12.8. The summed E-state index contributed by atoms with van der Waals surface area (Å²) in [6.07, 6.45) is 1.51. The average Bonchev–Trinajstić information content (AvgIpc) is 2.66. The topological polar surface area (TPSA) is 47.9 Å². The van der Waals surface area contributed by atoms with Crippen LogP contribution in [0.1, 0.15) is 11.1 Å². The van der Waals surface area contributed by atoms with Gasteiger partial charge in [-0.2, -0.15) is 5.10 Å². The van der Waals surface area contributed by atoms with Gasteiger partial charge >= 0.3 is 0 Å². The van der Waals surface area contributed by atoms with Crippen LogP contribution >= 0.6 is 0 Å². The van der Waals surface area contributed by atoms with Crippen LogP contribution in [0.5, 0.6) is 0 Å². The van der Waals surface area contributed by atoms with Crippen molar-refractivity contribution in [2.24, 2.45) is 5.10 Å². The van der Waals surface area contributed by atoms with Gasteiger partial charge in [0.2, 0.25) is 0 Å². The Morgan fingerprint density at radius 1 is 1.00 bits per heavy atom. The summed E-state index contributed by atoms with van der Waals surface area (Å²) in [6.45, 7) is 4.90. The van der Waals surface area contributed by atoms with Crippen molar-refractivity contribution in [2.45, 2.75) is 6.54 Å². The second-order valence-electron chi connectivity index (χ2n) is 6.38. The van der Waals surface area contributed by atoms with Gasteiger partial charge in [-0.15, -0.1) is 0 Å². The number of carbonyl (C=O) groups is 1. The van der Waals surface area contributed by atoms with Gasteiger partial charge in [0, 0.05) is 32.7 Å². The van der Waals surface area contributed by atoms with Crippen molar-refractivity contribution in [3.05, 3.63) is 71.5 Å². The molecule has 0 aromatic heterocycles. The number of piperazine rings is 1. The minimum atomic E-state index is -0.294. The number of amides is 1. The highest BCUT2D eigenvalue weighted by Gasteiger charge is 2.18. The first-order valence-corrected chi connectivity index (χ1v) is 8.75. The molecule has 0 radical (unpaired) electrons. The Labute approximate surface area is 153 Å². The maximum atomic E-state index is 12.8. The van der Waals surface area contributed by atoms with Crippen LogP contribution in [0.2, 0.25) is 0 Å². The molecule has 0 spiro atoms. The lowest BCUT2D eigenvalue weighted by molar-refractivity contribution is -0.122. The Balaban J connectivity index is 1.37. The molecule has 0 aliphatic carbocycles. The molecule has 2 aromatic rings. The van der Waals surface area contributed by atoms with Crippen LogP contribution in [-0.2, 0) is 11.3 Å². The SMILES string of the molecule is O=C(CN1CCN(Cc2ccccc2)CC1)N/N=C\c1ccc(F)cc1. The van der Waals surface area contributed by atoms with Gasteiger partial charge in [-0.3, -0.25) is 14.6 Å². The fourth-order valence-electron chi connectivity index (χ4n) is 2.91. The molecule has 1 heterocycles. The molecule has 1 amide bonds. The zero-order valence-electron chi connectivity index (χ0n) is 14.6. The molecule has 1 aliphatic heterocycles. The molecule has 1 fully saturated rings. The van der Waals surface area contributed by atoms with Gasteiger partial charge in [0.25, 0.3) is 5.91 Å². The van der Waals surface area contributed by atoms with Gasteiger partial charge in [0.1, 0.15) is 5.82 Å². The molecular formula is C20H23FN4O. The molecule has 1 aliphatic rings. The molecule has 6 heteroatoms. The molecule has 0 bridgehead atoms. The van der Waals surface area contributed by atoms with E-state index in [0.29, 0.717) is 6.54 Å². The number of benzene rings is 2. The molecule has 1 saturated heterocycles. The number of hydrazone groups is 1. The van der Waals surface area contributed by atoms with Crippen LogP contribution in [0, 0.1) is 5.82 Å². The first-order valence-electron chi connectivity index (χ1n) is 8.75. The first-order chi connectivity index (χ1) is 12.7. The molecule has 0 atom stereocenters. The number of hydrogen-bond donors (Lipinski definition) is 1. The lowest BCUT2D eigenvalue weighted by Gasteiger charge is -2.34. The third-order valence-corrected chi connectivity index (χ3v) is 4.35. The number of rotatable bonds is 6. The zero-order chi connectivity index (χ0) is 18.2. The van der Waals surface area contributed by atoms with Gasteiger partial charge in [0.15, 0.2) is 0 Å². The number of nitrogens with one attached hydrogen (secondary N) is 1. The summed E-state index contributed by atoms with van der Waals surface area (Å²) in [5.74, 6) is -0.433. The minimum absolute atomic E-state index is 0.139. The number of halogens is 1. The lowest BCUT2D eigenvalue weighted by Crippen LogP contribution is -2.48. The van der Waals surface area contributed by atoms with Crippen molar-refractivity contribution in [1.29, 1.82) is 0 Å². The molecule has 26 heavy (non-hydrogen) atoms. The van der Waals surface area contributed by atoms with E-state index in [1.54, 1.807) is 12.1 Å². The van der Waals surface area contributed by atoms with Crippen molar-refractivity contribution in [1.82, 2.24) is 15.2 Å². The Bertz CT molecular complexity index is 725. The van der Waals surface area contributed by atoms with Gasteiger partial charge in [0.05, 0.1) is 12.8 Å². The van der Waals surface area contributed by atoms with Crippen LogP contribution in [0.4, 0.5) is 4.39 Å². The van der Waals surface area contributed by atoms with Crippen LogP contribution in [0.3, 0.4) is 0 Å². The molecule has 2 aromatic carbocycles. The molecule has 136 valence electrons. The predicted octanol–water partition coefficient (Wildman–Crippen LogP) is 2.09. The number of nitrogens with zero attached hydrogens (tertiary/aromatic N) is 3. The van der Waals surface area contributed by atoms with E-state index in [-0.39, 0.29) is 11.7 Å². The Hall–Kier alpha value is -2.57. The maximum Gasteiger partial charge on any atom is 0.254 e. The van der Waals surface area contributed by atoms with Crippen molar-refractivity contribution in [2.75, 3.05) is 32.7 Å². The standard InChI is InChI=1S/C20H23FN4O/c21-19-8-6-17(7-9-19)14-22-23-20(26)16-25-12-10-24(11-13-25)15-18-4-2-1-3-5-18/h1-9,14H,10-13,15-16H2,(H,23,26)/b22-14-. The third-order valence-electron chi connectivity index (χ3n) is 4.35. The highest BCUT2D eigenvalue weighted by molar-refractivity contribution is 5.83. The van der Waals surface area contributed by atoms with Gasteiger partial charge in [-0.05, 0) is 23.3 Å². The largest absolute Gasteiger partial charge is 0.297 e. The quantitative estimate of drug-likeness (QED) is 0.638. The summed E-state index contributed by atoms with van der Waals surface area (Å²) in [7, 11) is 0. The van der Waals surface area contributed by atoms with Crippen LogP contribution in [0.15, 0.2) is 59.7 Å². The second-order valence-corrected chi connectivity index (χ2v) is 6.38. The number of carbonyl (C=O) groups excluding carboxylic acids is 1. The molecule has 0 saturated carbocycles. The monoisotopic (exact) mass is 354 g/mol.